The van der Waals surface area contributed by atoms with Gasteiger partial charge in [0, 0.05) is 23.6 Å². The third-order valence-corrected chi connectivity index (χ3v) is 2.30. The second-order valence-electron chi connectivity index (χ2n) is 3.12. The average Bonchev–Trinajstić information content (AvgIpc) is 2.28. The van der Waals surface area contributed by atoms with Gasteiger partial charge in [-0.25, -0.2) is 4.79 Å². The molecule has 0 saturated carbocycles. The molecular formula is C11H12ClNO3. The molecule has 5 heteroatoms. The van der Waals surface area contributed by atoms with Gasteiger partial charge in [0.25, 0.3) is 0 Å². The molecule has 0 fully saturated rings. The molecule has 0 aliphatic rings. The van der Waals surface area contributed by atoms with Crippen LogP contribution in [0, 0.1) is 0 Å². The fourth-order valence-corrected chi connectivity index (χ4v) is 1.52. The molecule has 0 heterocycles. The molecule has 0 spiro atoms. The van der Waals surface area contributed by atoms with Crippen LogP contribution in [0.2, 0.25) is 0 Å². The van der Waals surface area contributed by atoms with Crippen molar-refractivity contribution < 1.29 is 14.3 Å². The van der Waals surface area contributed by atoms with Crippen molar-refractivity contribution in [3.05, 3.63) is 29.3 Å². The molecule has 0 saturated heterocycles. The predicted molar refractivity (Wildman–Crippen MR) is 61.9 cm³/mol. The molecule has 0 unspecified atom stereocenters. The second-order valence-corrected chi connectivity index (χ2v) is 3.50. The SMILES string of the molecule is COC(=O)c1c(N)cccc1C(=O)CCCl. The Balaban J connectivity index is 3.22. The predicted octanol–water partition coefficient (Wildman–Crippen LogP) is 1.87. The highest BCUT2D eigenvalue weighted by Crippen LogP contribution is 2.19. The first kappa shape index (κ1) is 12.5. The maximum Gasteiger partial charge on any atom is 0.340 e. The minimum Gasteiger partial charge on any atom is -0.465 e. The van der Waals surface area contributed by atoms with Crippen LogP contribution in [0.25, 0.3) is 0 Å². The third-order valence-electron chi connectivity index (χ3n) is 2.11. The average molecular weight is 242 g/mol. The summed E-state index contributed by atoms with van der Waals surface area (Å²) in [6, 6.07) is 4.70. The molecule has 1 aromatic rings. The van der Waals surface area contributed by atoms with Gasteiger partial charge in [0.1, 0.15) is 0 Å². The third kappa shape index (κ3) is 2.52. The molecule has 16 heavy (non-hydrogen) atoms. The number of anilines is 1. The summed E-state index contributed by atoms with van der Waals surface area (Å²) in [5.41, 5.74) is 6.24. The lowest BCUT2D eigenvalue weighted by molar-refractivity contribution is 0.0598. The van der Waals surface area contributed by atoms with Gasteiger partial charge in [-0.3, -0.25) is 4.79 Å². The Morgan fingerprint density at radius 2 is 2.12 bits per heavy atom. The number of Topliss-reactive ketones (excluding diaryl/α,β-unsaturated/α-hetero) is 1. The van der Waals surface area contributed by atoms with Gasteiger partial charge in [0.15, 0.2) is 5.78 Å². The number of nitrogens with two attached hydrogens (primary N) is 1. The van der Waals surface area contributed by atoms with Crippen molar-refractivity contribution >= 4 is 29.0 Å². The quantitative estimate of drug-likeness (QED) is 0.378. The van der Waals surface area contributed by atoms with Crippen LogP contribution < -0.4 is 5.73 Å². The van der Waals surface area contributed by atoms with Gasteiger partial charge in [-0.1, -0.05) is 12.1 Å². The Morgan fingerprint density at radius 3 is 2.69 bits per heavy atom. The molecule has 0 radical (unpaired) electrons. The van der Waals surface area contributed by atoms with E-state index in [1.807, 2.05) is 0 Å². The number of carbonyl (C=O) groups excluding carboxylic acids is 2. The first-order valence-corrected chi connectivity index (χ1v) is 5.21. The highest BCUT2D eigenvalue weighted by Gasteiger charge is 2.19. The van der Waals surface area contributed by atoms with Crippen molar-refractivity contribution in [1.82, 2.24) is 0 Å². The zero-order valence-corrected chi connectivity index (χ0v) is 9.58. The van der Waals surface area contributed by atoms with Crippen LogP contribution in [0.4, 0.5) is 5.69 Å². The largest absolute Gasteiger partial charge is 0.465 e. The first-order valence-electron chi connectivity index (χ1n) is 4.67. The number of hydrogen-bond acceptors (Lipinski definition) is 4. The number of halogens is 1. The summed E-state index contributed by atoms with van der Waals surface area (Å²) in [4.78, 5) is 23.2. The lowest BCUT2D eigenvalue weighted by Crippen LogP contribution is -2.13. The number of alkyl halides is 1. The number of hydrogen-bond donors (Lipinski definition) is 1. The van der Waals surface area contributed by atoms with Gasteiger partial charge in [0.2, 0.25) is 0 Å². The fraction of sp³-hybridized carbons (Fsp3) is 0.273. The van der Waals surface area contributed by atoms with Crippen LogP contribution in [-0.4, -0.2) is 24.7 Å². The number of ketones is 1. The zero-order chi connectivity index (χ0) is 12.1. The molecule has 4 nitrogen and oxygen atoms in total. The fourth-order valence-electron chi connectivity index (χ4n) is 1.35. The summed E-state index contributed by atoms with van der Waals surface area (Å²) in [7, 11) is 1.24. The van der Waals surface area contributed by atoms with Gasteiger partial charge in [-0.2, -0.15) is 0 Å². The van der Waals surface area contributed by atoms with E-state index in [0.717, 1.165) is 0 Å². The number of carbonyl (C=O) groups is 2. The van der Waals surface area contributed by atoms with E-state index in [-0.39, 0.29) is 34.9 Å². The van der Waals surface area contributed by atoms with E-state index in [1.54, 1.807) is 12.1 Å². The van der Waals surface area contributed by atoms with Crippen molar-refractivity contribution in [2.75, 3.05) is 18.7 Å². The van der Waals surface area contributed by atoms with Gasteiger partial charge in [-0.05, 0) is 6.07 Å². The molecule has 86 valence electrons. The van der Waals surface area contributed by atoms with Crippen molar-refractivity contribution in [3.63, 3.8) is 0 Å². The molecule has 0 aliphatic carbocycles. The van der Waals surface area contributed by atoms with E-state index in [0.29, 0.717) is 0 Å². The second kappa shape index (κ2) is 5.51. The van der Waals surface area contributed by atoms with Crippen LogP contribution >= 0.6 is 11.6 Å². The van der Waals surface area contributed by atoms with E-state index >= 15 is 0 Å². The number of rotatable bonds is 4. The first-order chi connectivity index (χ1) is 7.61. The van der Waals surface area contributed by atoms with Gasteiger partial charge >= 0.3 is 5.97 Å². The highest BCUT2D eigenvalue weighted by molar-refractivity contribution is 6.20. The Labute approximate surface area is 98.3 Å². The Kier molecular flexibility index (Phi) is 4.31. The van der Waals surface area contributed by atoms with Crippen LogP contribution in [0.5, 0.6) is 0 Å². The smallest absolute Gasteiger partial charge is 0.340 e. The number of methoxy groups -OCH3 is 1. The summed E-state index contributed by atoms with van der Waals surface area (Å²) in [6.07, 6.45) is 0.162. The molecule has 0 aliphatic heterocycles. The van der Waals surface area contributed by atoms with Gasteiger partial charge in [0.05, 0.1) is 12.7 Å². The molecule has 1 rings (SSSR count). The Bertz CT molecular complexity index is 418. The Morgan fingerprint density at radius 1 is 1.44 bits per heavy atom. The molecule has 0 bridgehead atoms. The van der Waals surface area contributed by atoms with Crippen LogP contribution in [0.1, 0.15) is 27.1 Å². The van der Waals surface area contributed by atoms with Crippen LogP contribution in [0.3, 0.4) is 0 Å². The number of esters is 1. The normalized spacial score (nSPS) is 9.88. The molecule has 2 N–H and O–H groups in total. The monoisotopic (exact) mass is 241 g/mol. The van der Waals surface area contributed by atoms with Crippen molar-refractivity contribution in [3.8, 4) is 0 Å². The van der Waals surface area contributed by atoms with Crippen molar-refractivity contribution in [2.24, 2.45) is 0 Å². The van der Waals surface area contributed by atoms with Crippen LogP contribution in [-0.2, 0) is 4.74 Å². The lowest BCUT2D eigenvalue weighted by atomic mass is 10.0. The summed E-state index contributed by atoms with van der Waals surface area (Å²) >= 11 is 5.48. The van der Waals surface area contributed by atoms with E-state index in [9.17, 15) is 9.59 Å². The standard InChI is InChI=1S/C11H12ClNO3/c1-16-11(15)10-7(9(14)5-6-12)3-2-4-8(10)13/h2-4H,5-6,13H2,1H3. The molecule has 0 aromatic heterocycles. The number of benzene rings is 1. The minimum atomic E-state index is -0.615. The summed E-state index contributed by atoms with van der Waals surface area (Å²) in [6.45, 7) is 0. The van der Waals surface area contributed by atoms with Crippen molar-refractivity contribution in [1.29, 1.82) is 0 Å². The molecule has 0 atom stereocenters. The van der Waals surface area contributed by atoms with Gasteiger partial charge in [-0.15, -0.1) is 11.6 Å². The van der Waals surface area contributed by atoms with E-state index in [1.165, 1.54) is 13.2 Å². The topological polar surface area (TPSA) is 69.4 Å². The maximum atomic E-state index is 11.7. The summed E-state index contributed by atoms with van der Waals surface area (Å²) < 4.78 is 4.58. The number of nitrogen functional groups attached to an aromatic ring is 1. The van der Waals surface area contributed by atoms with Crippen molar-refractivity contribution in [2.45, 2.75) is 6.42 Å². The minimum absolute atomic E-state index is 0.111. The zero-order valence-electron chi connectivity index (χ0n) is 8.83. The number of ether oxygens (including phenoxy) is 1. The Hall–Kier alpha value is -1.55. The highest BCUT2D eigenvalue weighted by atomic mass is 35.5. The van der Waals surface area contributed by atoms with E-state index in [2.05, 4.69) is 4.74 Å². The lowest BCUT2D eigenvalue weighted by Gasteiger charge is -2.08. The van der Waals surface area contributed by atoms with Crippen LogP contribution in [0.15, 0.2) is 18.2 Å². The van der Waals surface area contributed by atoms with E-state index in [4.69, 9.17) is 17.3 Å². The summed E-state index contributed by atoms with van der Waals surface area (Å²) in [5.74, 6) is -0.632. The maximum absolute atomic E-state index is 11.7. The molecule has 0 amide bonds. The molecular weight excluding hydrogens is 230 g/mol. The molecule has 1 aromatic carbocycles. The van der Waals surface area contributed by atoms with Gasteiger partial charge < -0.3 is 10.5 Å². The summed E-state index contributed by atoms with van der Waals surface area (Å²) in [5, 5.41) is 0. The van der Waals surface area contributed by atoms with E-state index < -0.39 is 5.97 Å².